The molecule has 150 valence electrons. The van der Waals surface area contributed by atoms with Gasteiger partial charge in [0.05, 0.1) is 12.7 Å². The highest BCUT2D eigenvalue weighted by Gasteiger charge is 2.23. The van der Waals surface area contributed by atoms with E-state index in [4.69, 9.17) is 10.2 Å². The Morgan fingerprint density at radius 1 is 0.880 bits per heavy atom. The summed E-state index contributed by atoms with van der Waals surface area (Å²) < 4.78 is 0. The Bertz CT molecular complexity index is 325. The molecule has 6 N–H and O–H groups in total. The van der Waals surface area contributed by atoms with E-state index in [2.05, 4.69) is 12.2 Å². The van der Waals surface area contributed by atoms with E-state index in [0.29, 0.717) is 6.54 Å². The van der Waals surface area contributed by atoms with Crippen molar-refractivity contribution in [1.82, 2.24) is 5.32 Å². The van der Waals surface area contributed by atoms with Crippen LogP contribution in [-0.2, 0) is 0 Å². The molecule has 0 radical (unpaired) electrons. The Hall–Kier alpha value is -0.660. The van der Waals surface area contributed by atoms with Crippen LogP contribution in [0.15, 0.2) is 11.8 Å². The molecule has 0 aliphatic carbocycles. The second-order valence-electron chi connectivity index (χ2n) is 6.73. The van der Waals surface area contributed by atoms with Crippen LogP contribution < -0.4 is 5.32 Å². The highest BCUT2D eigenvalue weighted by atomic mass is 16.4. The molecule has 0 saturated heterocycles. The molecule has 0 heterocycles. The summed E-state index contributed by atoms with van der Waals surface area (Å²) in [4.78, 5) is 0. The molecule has 0 fully saturated rings. The van der Waals surface area contributed by atoms with Gasteiger partial charge in [0.15, 0.2) is 0 Å². The van der Waals surface area contributed by atoms with Gasteiger partial charge < -0.3 is 25.5 Å². The lowest BCUT2D eigenvalue weighted by atomic mass is 10.1. The van der Waals surface area contributed by atoms with E-state index < -0.39 is 25.0 Å². The molecule has 0 spiro atoms. The molecule has 0 amide bonds. The van der Waals surface area contributed by atoms with Gasteiger partial charge in [0.25, 0.3) is 0 Å². The van der Waals surface area contributed by atoms with Crippen molar-refractivity contribution < 1.29 is 25.5 Å². The van der Waals surface area contributed by atoms with Crippen molar-refractivity contribution in [2.75, 3.05) is 13.2 Å². The van der Waals surface area contributed by atoms with Gasteiger partial charge in [-0.05, 0) is 25.5 Å². The van der Waals surface area contributed by atoms with Crippen molar-refractivity contribution in [1.29, 1.82) is 0 Å². The van der Waals surface area contributed by atoms with Gasteiger partial charge in [-0.25, -0.2) is 0 Å². The van der Waals surface area contributed by atoms with Crippen LogP contribution in [0.25, 0.3) is 0 Å². The SMILES string of the molecule is CCCCCCCCCCCCNC(O)C(O)C(O)C/C=C(/O)CO. The zero-order valence-corrected chi connectivity index (χ0v) is 15.7. The molecule has 6 nitrogen and oxygen atoms in total. The molecule has 0 aromatic heterocycles. The van der Waals surface area contributed by atoms with Crippen LogP contribution in [0.3, 0.4) is 0 Å². The monoisotopic (exact) mass is 361 g/mol. The van der Waals surface area contributed by atoms with E-state index in [1.165, 1.54) is 57.4 Å². The van der Waals surface area contributed by atoms with Gasteiger partial charge in [-0.1, -0.05) is 64.7 Å². The predicted octanol–water partition coefficient (Wildman–Crippen LogP) is 2.36. The number of hydrogen-bond donors (Lipinski definition) is 6. The van der Waals surface area contributed by atoms with Crippen molar-refractivity contribution in [3.63, 3.8) is 0 Å². The van der Waals surface area contributed by atoms with Crippen LogP contribution in [0.2, 0.25) is 0 Å². The van der Waals surface area contributed by atoms with E-state index in [1.54, 1.807) is 0 Å². The van der Waals surface area contributed by atoms with Crippen molar-refractivity contribution in [2.45, 2.75) is 96.0 Å². The Morgan fingerprint density at radius 3 is 1.92 bits per heavy atom. The summed E-state index contributed by atoms with van der Waals surface area (Å²) in [7, 11) is 0. The summed E-state index contributed by atoms with van der Waals surface area (Å²) in [6.07, 6.45) is 9.79. The molecule has 6 heteroatoms. The van der Waals surface area contributed by atoms with Crippen LogP contribution in [0.4, 0.5) is 0 Å². The summed E-state index contributed by atoms with van der Waals surface area (Å²) in [5, 5.41) is 49.8. The maximum Gasteiger partial charge on any atom is 0.133 e. The maximum atomic E-state index is 9.80. The first-order valence-electron chi connectivity index (χ1n) is 9.79. The quantitative estimate of drug-likeness (QED) is 0.135. The molecule has 0 rings (SSSR count). The minimum atomic E-state index is -1.34. The molecule has 0 aromatic rings. The molecule has 25 heavy (non-hydrogen) atoms. The minimum absolute atomic E-state index is 0.0371. The minimum Gasteiger partial charge on any atom is -0.510 e. The molecule has 3 unspecified atom stereocenters. The number of unbranched alkanes of at least 4 members (excludes halogenated alkanes) is 9. The van der Waals surface area contributed by atoms with E-state index in [0.717, 1.165) is 12.8 Å². The van der Waals surface area contributed by atoms with Gasteiger partial charge >= 0.3 is 0 Å². The highest BCUT2D eigenvalue weighted by molar-refractivity contribution is 4.93. The number of aliphatic hydroxyl groups is 5. The summed E-state index contributed by atoms with van der Waals surface area (Å²) in [5.41, 5.74) is 0. The van der Waals surface area contributed by atoms with E-state index in [1.807, 2.05) is 0 Å². The highest BCUT2D eigenvalue weighted by Crippen LogP contribution is 2.10. The van der Waals surface area contributed by atoms with Gasteiger partial charge in [0, 0.05) is 0 Å². The van der Waals surface area contributed by atoms with E-state index in [9.17, 15) is 15.3 Å². The third-order valence-corrected chi connectivity index (χ3v) is 4.36. The van der Waals surface area contributed by atoms with Crippen molar-refractivity contribution in [2.24, 2.45) is 0 Å². The lowest BCUT2D eigenvalue weighted by molar-refractivity contribution is -0.0703. The number of aliphatic hydroxyl groups excluding tert-OH is 5. The normalized spacial score (nSPS) is 16.0. The molecule has 3 atom stereocenters. The van der Waals surface area contributed by atoms with E-state index in [-0.39, 0.29) is 12.2 Å². The van der Waals surface area contributed by atoms with Crippen LogP contribution in [-0.4, -0.2) is 57.1 Å². The second-order valence-corrected chi connectivity index (χ2v) is 6.73. The van der Waals surface area contributed by atoms with Gasteiger partial charge in [-0.2, -0.15) is 0 Å². The number of rotatable bonds is 17. The maximum absolute atomic E-state index is 9.80. The largest absolute Gasteiger partial charge is 0.510 e. The molecule has 0 bridgehead atoms. The average Bonchev–Trinajstić information content (AvgIpc) is 2.62. The fraction of sp³-hybridized carbons (Fsp3) is 0.895. The van der Waals surface area contributed by atoms with Crippen molar-refractivity contribution in [3.8, 4) is 0 Å². The van der Waals surface area contributed by atoms with E-state index >= 15 is 0 Å². The van der Waals surface area contributed by atoms with Crippen molar-refractivity contribution >= 4 is 0 Å². The topological polar surface area (TPSA) is 113 Å². The lowest BCUT2D eigenvalue weighted by Crippen LogP contribution is -2.46. The molecule has 0 aromatic carbocycles. The Kier molecular flexibility index (Phi) is 16.3. The molecular formula is C19H39NO5. The lowest BCUT2D eigenvalue weighted by Gasteiger charge is -2.23. The standard InChI is InChI=1S/C19H39NO5/c1-2-3-4-5-6-7-8-9-10-11-14-20-19(25)18(24)17(23)13-12-16(22)15-21/h12,17-25H,2-11,13-15H2,1H3/b16-12+. The second kappa shape index (κ2) is 16.8. The fourth-order valence-corrected chi connectivity index (χ4v) is 2.65. The van der Waals surface area contributed by atoms with Crippen molar-refractivity contribution in [3.05, 3.63) is 11.8 Å². The summed E-state index contributed by atoms with van der Waals surface area (Å²) in [6.45, 7) is 2.30. The summed E-state index contributed by atoms with van der Waals surface area (Å²) in [5.74, 6) is -0.265. The number of hydrogen-bond acceptors (Lipinski definition) is 6. The summed E-state index contributed by atoms with van der Waals surface area (Å²) >= 11 is 0. The van der Waals surface area contributed by atoms with Gasteiger partial charge in [0.1, 0.15) is 18.1 Å². The first-order valence-corrected chi connectivity index (χ1v) is 9.79. The molecule has 0 aliphatic heterocycles. The fourth-order valence-electron chi connectivity index (χ4n) is 2.65. The third kappa shape index (κ3) is 14.2. The Labute approximate surface area is 152 Å². The van der Waals surface area contributed by atoms with Gasteiger partial charge in [-0.3, -0.25) is 5.32 Å². The third-order valence-electron chi connectivity index (χ3n) is 4.36. The smallest absolute Gasteiger partial charge is 0.133 e. The predicted molar refractivity (Wildman–Crippen MR) is 100 cm³/mol. The zero-order chi connectivity index (χ0) is 18.9. The van der Waals surface area contributed by atoms with Gasteiger partial charge in [0.2, 0.25) is 0 Å². The Morgan fingerprint density at radius 2 is 1.40 bits per heavy atom. The summed E-state index contributed by atoms with van der Waals surface area (Å²) in [6, 6.07) is 0. The Balaban J connectivity index is 3.57. The van der Waals surface area contributed by atoms with Crippen LogP contribution >= 0.6 is 0 Å². The molecular weight excluding hydrogens is 322 g/mol. The molecule has 0 aliphatic rings. The van der Waals surface area contributed by atoms with Crippen LogP contribution in [0.1, 0.15) is 77.6 Å². The van der Waals surface area contributed by atoms with Crippen LogP contribution in [0.5, 0.6) is 0 Å². The molecule has 0 saturated carbocycles. The van der Waals surface area contributed by atoms with Crippen LogP contribution in [0, 0.1) is 0 Å². The van der Waals surface area contributed by atoms with Gasteiger partial charge in [-0.15, -0.1) is 0 Å². The first-order chi connectivity index (χ1) is 12.0. The zero-order valence-electron chi connectivity index (χ0n) is 15.7. The average molecular weight is 362 g/mol. The number of nitrogens with one attached hydrogen (secondary N) is 1. The first kappa shape index (κ1) is 24.3.